The van der Waals surface area contributed by atoms with Crippen LogP contribution in [-0.4, -0.2) is 51.3 Å². The minimum absolute atomic E-state index is 0.0573. The van der Waals surface area contributed by atoms with Gasteiger partial charge < -0.3 is 14.8 Å². The highest BCUT2D eigenvalue weighted by atomic mass is 16.2. The van der Waals surface area contributed by atoms with Gasteiger partial charge in [0.1, 0.15) is 5.69 Å². The first kappa shape index (κ1) is 17.1. The number of hydrogen-bond donors (Lipinski definition) is 1. The Morgan fingerprint density at radius 3 is 2.77 bits per heavy atom. The number of aromatic nitrogens is 1. The van der Waals surface area contributed by atoms with Crippen LogP contribution in [0.25, 0.3) is 10.9 Å². The van der Waals surface area contributed by atoms with Gasteiger partial charge in [-0.15, -0.1) is 0 Å². The molecule has 26 heavy (non-hydrogen) atoms. The van der Waals surface area contributed by atoms with Crippen LogP contribution in [0.3, 0.4) is 0 Å². The van der Waals surface area contributed by atoms with Crippen LogP contribution in [0, 0.1) is 6.92 Å². The number of fused-ring (bicyclic) bond motifs is 2. The van der Waals surface area contributed by atoms with Gasteiger partial charge in [0.25, 0.3) is 5.91 Å². The Kier molecular flexibility index (Phi) is 4.05. The van der Waals surface area contributed by atoms with Gasteiger partial charge in [0.05, 0.1) is 11.6 Å². The van der Waals surface area contributed by atoms with E-state index in [4.69, 9.17) is 0 Å². The molecule has 5 heteroatoms. The number of aromatic amines is 1. The van der Waals surface area contributed by atoms with E-state index in [1.807, 2.05) is 28.0 Å². The van der Waals surface area contributed by atoms with Crippen molar-refractivity contribution >= 4 is 22.7 Å². The molecule has 0 aliphatic carbocycles. The lowest BCUT2D eigenvalue weighted by atomic mass is 9.76. The van der Waals surface area contributed by atoms with Crippen molar-refractivity contribution in [2.75, 3.05) is 13.1 Å². The molecule has 1 aromatic carbocycles. The quantitative estimate of drug-likeness (QED) is 0.853. The van der Waals surface area contributed by atoms with Gasteiger partial charge in [-0.05, 0) is 57.2 Å². The van der Waals surface area contributed by atoms with E-state index in [0.29, 0.717) is 5.69 Å². The van der Waals surface area contributed by atoms with Gasteiger partial charge in [0, 0.05) is 30.9 Å². The number of carbonyl (C=O) groups is 2. The van der Waals surface area contributed by atoms with Crippen LogP contribution in [0.1, 0.15) is 55.6 Å². The number of hydrogen-bond acceptors (Lipinski definition) is 2. The van der Waals surface area contributed by atoms with Gasteiger partial charge in [-0.25, -0.2) is 0 Å². The predicted molar refractivity (Wildman–Crippen MR) is 102 cm³/mol. The number of H-pyrrole nitrogens is 1. The molecule has 2 amide bonds. The molecule has 1 aromatic heterocycles. The third-order valence-electron chi connectivity index (χ3n) is 6.41. The van der Waals surface area contributed by atoms with E-state index in [2.05, 4.69) is 24.9 Å². The maximum atomic E-state index is 13.3. The minimum Gasteiger partial charge on any atom is -0.351 e. The monoisotopic (exact) mass is 353 g/mol. The number of nitrogens with one attached hydrogen (secondary N) is 1. The lowest BCUT2D eigenvalue weighted by Gasteiger charge is -2.56. The molecule has 2 atom stereocenters. The Balaban J connectivity index is 1.68. The summed E-state index contributed by atoms with van der Waals surface area (Å²) in [4.78, 5) is 32.8. The van der Waals surface area contributed by atoms with Crippen molar-refractivity contribution in [2.45, 2.75) is 58.0 Å². The molecule has 1 N–H and O–H groups in total. The Hall–Kier alpha value is -2.30. The molecule has 0 bridgehead atoms. The second kappa shape index (κ2) is 6.15. The average molecular weight is 353 g/mol. The van der Waals surface area contributed by atoms with Crippen LogP contribution in [0.5, 0.6) is 0 Å². The van der Waals surface area contributed by atoms with E-state index in [1.165, 1.54) is 5.56 Å². The number of amides is 2. The van der Waals surface area contributed by atoms with Crippen molar-refractivity contribution < 1.29 is 9.59 Å². The third kappa shape index (κ3) is 2.52. The van der Waals surface area contributed by atoms with E-state index in [9.17, 15) is 9.59 Å². The summed E-state index contributed by atoms with van der Waals surface area (Å²) in [6, 6.07) is 8.15. The summed E-state index contributed by atoms with van der Waals surface area (Å²) < 4.78 is 0. The normalized spacial score (nSPS) is 26.0. The Bertz CT molecular complexity index is 871. The molecule has 3 heterocycles. The first-order chi connectivity index (χ1) is 12.4. The van der Waals surface area contributed by atoms with Crippen LogP contribution >= 0.6 is 0 Å². The maximum absolute atomic E-state index is 13.3. The van der Waals surface area contributed by atoms with Crippen LogP contribution < -0.4 is 0 Å². The van der Waals surface area contributed by atoms with Crippen LogP contribution in [0.4, 0.5) is 0 Å². The molecule has 2 aliphatic rings. The van der Waals surface area contributed by atoms with Gasteiger partial charge in [-0.1, -0.05) is 12.1 Å². The SMILES string of the molecule is CC(=O)N1CCC[C@@H]2N(C(=O)c3cc4c(C)cccc4[nH]3)CCC[C@@]21C. The fourth-order valence-corrected chi connectivity index (χ4v) is 5.08. The molecule has 4 rings (SSSR count). The van der Waals surface area contributed by atoms with Crippen molar-refractivity contribution in [2.24, 2.45) is 0 Å². The second-order valence-electron chi connectivity index (χ2n) is 8.01. The van der Waals surface area contributed by atoms with Gasteiger partial charge in [0.15, 0.2) is 0 Å². The maximum Gasteiger partial charge on any atom is 0.270 e. The molecule has 0 spiro atoms. The average Bonchev–Trinajstić information content (AvgIpc) is 3.05. The summed E-state index contributed by atoms with van der Waals surface area (Å²) in [5.74, 6) is 0.176. The third-order valence-corrected chi connectivity index (χ3v) is 6.41. The molecule has 0 radical (unpaired) electrons. The number of benzene rings is 1. The summed E-state index contributed by atoms with van der Waals surface area (Å²) in [7, 11) is 0. The van der Waals surface area contributed by atoms with Crippen molar-refractivity contribution in [3.63, 3.8) is 0 Å². The van der Waals surface area contributed by atoms with E-state index in [0.717, 1.165) is 49.7 Å². The summed E-state index contributed by atoms with van der Waals surface area (Å²) in [5.41, 5.74) is 2.57. The van der Waals surface area contributed by atoms with Crippen LogP contribution in [0.2, 0.25) is 0 Å². The Morgan fingerprint density at radius 1 is 1.23 bits per heavy atom. The highest BCUT2D eigenvalue weighted by Crippen LogP contribution is 2.39. The largest absolute Gasteiger partial charge is 0.351 e. The highest BCUT2D eigenvalue weighted by molar-refractivity contribution is 5.99. The second-order valence-corrected chi connectivity index (χ2v) is 8.01. The lowest BCUT2D eigenvalue weighted by Crippen LogP contribution is -2.68. The topological polar surface area (TPSA) is 56.4 Å². The van der Waals surface area contributed by atoms with Gasteiger partial charge in [-0.3, -0.25) is 9.59 Å². The molecule has 138 valence electrons. The first-order valence-corrected chi connectivity index (χ1v) is 9.59. The Morgan fingerprint density at radius 2 is 2.04 bits per heavy atom. The Labute approximate surface area is 154 Å². The summed E-state index contributed by atoms with van der Waals surface area (Å²) in [6.07, 6.45) is 3.81. The fraction of sp³-hybridized carbons (Fsp3) is 0.524. The predicted octanol–water partition coefficient (Wildman–Crippen LogP) is 3.48. The molecule has 2 saturated heterocycles. The number of aryl methyl sites for hydroxylation is 1. The molecule has 2 fully saturated rings. The number of piperidine rings is 2. The van der Waals surface area contributed by atoms with Gasteiger partial charge in [-0.2, -0.15) is 0 Å². The van der Waals surface area contributed by atoms with Gasteiger partial charge >= 0.3 is 0 Å². The number of carbonyl (C=O) groups excluding carboxylic acids is 2. The molecule has 5 nitrogen and oxygen atoms in total. The minimum atomic E-state index is -0.250. The fourth-order valence-electron chi connectivity index (χ4n) is 5.08. The van der Waals surface area contributed by atoms with Crippen LogP contribution in [-0.2, 0) is 4.79 Å². The number of likely N-dealkylation sites (tertiary alicyclic amines) is 2. The van der Waals surface area contributed by atoms with Crippen molar-refractivity contribution in [1.29, 1.82) is 0 Å². The van der Waals surface area contributed by atoms with E-state index < -0.39 is 0 Å². The summed E-state index contributed by atoms with van der Waals surface area (Å²) >= 11 is 0. The zero-order chi connectivity index (χ0) is 18.5. The van der Waals surface area contributed by atoms with Crippen LogP contribution in [0.15, 0.2) is 24.3 Å². The van der Waals surface area contributed by atoms with E-state index in [1.54, 1.807) is 6.92 Å². The van der Waals surface area contributed by atoms with Gasteiger partial charge in [0.2, 0.25) is 5.91 Å². The zero-order valence-electron chi connectivity index (χ0n) is 15.8. The van der Waals surface area contributed by atoms with Crippen molar-refractivity contribution in [3.05, 3.63) is 35.5 Å². The molecule has 0 unspecified atom stereocenters. The van der Waals surface area contributed by atoms with E-state index in [-0.39, 0.29) is 23.4 Å². The lowest BCUT2D eigenvalue weighted by molar-refractivity contribution is -0.143. The number of nitrogens with zero attached hydrogens (tertiary/aromatic N) is 2. The molecular formula is C21H27N3O2. The zero-order valence-corrected chi connectivity index (χ0v) is 15.8. The molecule has 2 aliphatic heterocycles. The first-order valence-electron chi connectivity index (χ1n) is 9.59. The molecule has 0 saturated carbocycles. The number of rotatable bonds is 1. The van der Waals surface area contributed by atoms with E-state index >= 15 is 0 Å². The molecular weight excluding hydrogens is 326 g/mol. The standard InChI is InChI=1S/C21H27N3O2/c1-14-7-4-8-17-16(14)13-18(22-17)20(26)23-11-6-10-21(3)19(23)9-5-12-24(21)15(2)25/h4,7-8,13,19,22H,5-6,9-12H2,1-3H3/t19-,21-/m0/s1. The van der Waals surface area contributed by atoms with Crippen molar-refractivity contribution in [1.82, 2.24) is 14.8 Å². The highest BCUT2D eigenvalue weighted by Gasteiger charge is 2.49. The summed E-state index contributed by atoms with van der Waals surface area (Å²) in [5, 5.41) is 1.10. The van der Waals surface area contributed by atoms with Crippen molar-refractivity contribution in [3.8, 4) is 0 Å². The smallest absolute Gasteiger partial charge is 0.270 e. The molecule has 2 aromatic rings. The summed E-state index contributed by atoms with van der Waals surface area (Å²) in [6.45, 7) is 7.44.